The number of carboxylic acid groups (broad SMARTS) is 1. The first-order chi connectivity index (χ1) is 11.3. The topological polar surface area (TPSA) is 83.9 Å². The van der Waals surface area contributed by atoms with Crippen molar-refractivity contribution in [2.24, 2.45) is 0 Å². The molecule has 6 nitrogen and oxygen atoms in total. The molecule has 7 heteroatoms. The molecule has 0 bridgehead atoms. The summed E-state index contributed by atoms with van der Waals surface area (Å²) in [4.78, 5) is 11.5. The number of benzene rings is 2. The standard InChI is InChI=1S/C17H17NO5S/c1-11-7-8-16(12(2)9-11)24(21,22)18-10-15(17(19)20)23-14-6-4-3-5-13(14)18/h3-9,15H,10H2,1-2H3,(H,19,20). The smallest absolute Gasteiger partial charge is 0.346 e. The predicted octanol–water partition coefficient (Wildman–Crippen LogP) is 2.34. The van der Waals surface area contributed by atoms with Crippen LogP contribution in [0.15, 0.2) is 47.4 Å². The lowest BCUT2D eigenvalue weighted by Gasteiger charge is -2.34. The summed E-state index contributed by atoms with van der Waals surface area (Å²) in [5.74, 6) is -0.963. The van der Waals surface area contributed by atoms with Gasteiger partial charge >= 0.3 is 5.97 Å². The third-order valence-electron chi connectivity index (χ3n) is 3.91. The van der Waals surface area contributed by atoms with Crippen molar-refractivity contribution in [3.8, 4) is 5.75 Å². The van der Waals surface area contributed by atoms with Crippen LogP contribution in [0.25, 0.3) is 0 Å². The van der Waals surface area contributed by atoms with Crippen LogP contribution in [0.4, 0.5) is 5.69 Å². The van der Waals surface area contributed by atoms with Crippen LogP contribution in [0.1, 0.15) is 11.1 Å². The number of aryl methyl sites for hydroxylation is 2. The van der Waals surface area contributed by atoms with E-state index < -0.39 is 22.1 Å². The maximum atomic E-state index is 13.1. The average Bonchev–Trinajstić information content (AvgIpc) is 2.53. The molecule has 0 spiro atoms. The van der Waals surface area contributed by atoms with Crippen molar-refractivity contribution in [3.05, 3.63) is 53.6 Å². The Morgan fingerprint density at radius 1 is 1.21 bits per heavy atom. The van der Waals surface area contributed by atoms with Crippen molar-refractivity contribution < 1.29 is 23.1 Å². The third kappa shape index (κ3) is 2.71. The number of sulfonamides is 1. The molecule has 0 amide bonds. The van der Waals surface area contributed by atoms with Crippen molar-refractivity contribution in [1.29, 1.82) is 0 Å². The lowest BCUT2D eigenvalue weighted by Crippen LogP contribution is -2.47. The molecule has 0 aromatic heterocycles. The number of rotatable bonds is 3. The van der Waals surface area contributed by atoms with Crippen LogP contribution >= 0.6 is 0 Å². The van der Waals surface area contributed by atoms with E-state index in [9.17, 15) is 18.3 Å². The Hall–Kier alpha value is -2.54. The van der Waals surface area contributed by atoms with Gasteiger partial charge in [-0.25, -0.2) is 13.2 Å². The van der Waals surface area contributed by atoms with Gasteiger partial charge in [0.25, 0.3) is 10.0 Å². The number of aliphatic carboxylic acids is 1. The molecule has 3 rings (SSSR count). The molecule has 1 heterocycles. The highest BCUT2D eigenvalue weighted by molar-refractivity contribution is 7.92. The number of carboxylic acids is 1. The molecule has 1 aliphatic heterocycles. The van der Waals surface area contributed by atoms with Crippen LogP contribution in [-0.2, 0) is 14.8 Å². The van der Waals surface area contributed by atoms with Gasteiger partial charge in [0.1, 0.15) is 5.75 Å². The molecule has 0 radical (unpaired) electrons. The van der Waals surface area contributed by atoms with Gasteiger partial charge in [-0.05, 0) is 37.6 Å². The molecular formula is C17H17NO5S. The first-order valence-electron chi connectivity index (χ1n) is 7.39. The van der Waals surface area contributed by atoms with Crippen LogP contribution in [0.3, 0.4) is 0 Å². The molecule has 1 aliphatic rings. The number of carbonyl (C=O) groups is 1. The van der Waals surface area contributed by atoms with Crippen molar-refractivity contribution in [2.75, 3.05) is 10.8 Å². The third-order valence-corrected chi connectivity index (χ3v) is 5.85. The molecule has 2 aromatic carbocycles. The van der Waals surface area contributed by atoms with Crippen LogP contribution < -0.4 is 9.04 Å². The molecule has 126 valence electrons. The van der Waals surface area contributed by atoms with E-state index in [0.717, 1.165) is 9.87 Å². The van der Waals surface area contributed by atoms with E-state index in [1.165, 1.54) is 0 Å². The molecule has 24 heavy (non-hydrogen) atoms. The fraction of sp³-hybridized carbons (Fsp3) is 0.235. The predicted molar refractivity (Wildman–Crippen MR) is 88.9 cm³/mol. The van der Waals surface area contributed by atoms with Crippen molar-refractivity contribution in [2.45, 2.75) is 24.8 Å². The summed E-state index contributed by atoms with van der Waals surface area (Å²) >= 11 is 0. The van der Waals surface area contributed by atoms with Gasteiger partial charge in [-0.15, -0.1) is 0 Å². The van der Waals surface area contributed by atoms with Gasteiger partial charge in [0.15, 0.2) is 0 Å². The summed E-state index contributed by atoms with van der Waals surface area (Å²) in [5.41, 5.74) is 1.91. The largest absolute Gasteiger partial charge is 0.478 e. The number of fused-ring (bicyclic) bond motifs is 1. The SMILES string of the molecule is Cc1ccc(S(=O)(=O)N2CC(C(=O)O)Oc3ccccc32)c(C)c1. The minimum absolute atomic E-state index is 0.161. The van der Waals surface area contributed by atoms with Crippen LogP contribution in [0, 0.1) is 13.8 Å². The summed E-state index contributed by atoms with van der Waals surface area (Å²) < 4.78 is 32.8. The number of para-hydroxylation sites is 2. The van der Waals surface area contributed by atoms with Crippen LogP contribution in [-0.4, -0.2) is 32.1 Å². The molecule has 1 atom stereocenters. The molecule has 0 fully saturated rings. The number of anilines is 1. The first kappa shape index (κ1) is 16.3. The maximum absolute atomic E-state index is 13.1. The first-order valence-corrected chi connectivity index (χ1v) is 8.83. The lowest BCUT2D eigenvalue weighted by molar-refractivity contribution is -0.144. The molecule has 1 unspecified atom stereocenters. The average molecular weight is 347 g/mol. The van der Waals surface area contributed by atoms with E-state index in [0.29, 0.717) is 11.3 Å². The monoisotopic (exact) mass is 347 g/mol. The van der Waals surface area contributed by atoms with Crippen LogP contribution in [0.2, 0.25) is 0 Å². The van der Waals surface area contributed by atoms with E-state index in [4.69, 9.17) is 4.74 Å². The summed E-state index contributed by atoms with van der Waals surface area (Å²) in [7, 11) is -3.90. The molecule has 0 saturated carbocycles. The molecular weight excluding hydrogens is 330 g/mol. The maximum Gasteiger partial charge on any atom is 0.346 e. The van der Waals surface area contributed by atoms with E-state index in [1.54, 1.807) is 49.4 Å². The van der Waals surface area contributed by atoms with Crippen molar-refractivity contribution >= 4 is 21.7 Å². The highest BCUT2D eigenvalue weighted by Crippen LogP contribution is 2.37. The van der Waals surface area contributed by atoms with E-state index in [2.05, 4.69) is 0 Å². The summed E-state index contributed by atoms with van der Waals surface area (Å²) in [6.45, 7) is 3.33. The minimum atomic E-state index is -3.90. The van der Waals surface area contributed by atoms with Crippen molar-refractivity contribution in [1.82, 2.24) is 0 Å². The van der Waals surface area contributed by atoms with Gasteiger partial charge < -0.3 is 9.84 Å². The fourth-order valence-electron chi connectivity index (χ4n) is 2.77. The normalized spacial score (nSPS) is 17.1. The van der Waals surface area contributed by atoms with Gasteiger partial charge in [-0.2, -0.15) is 0 Å². The highest BCUT2D eigenvalue weighted by Gasteiger charge is 2.37. The van der Waals surface area contributed by atoms with Gasteiger partial charge in [0.2, 0.25) is 6.10 Å². The molecule has 1 N–H and O–H groups in total. The van der Waals surface area contributed by atoms with Gasteiger partial charge in [-0.3, -0.25) is 4.31 Å². The Morgan fingerprint density at radius 2 is 1.92 bits per heavy atom. The Labute approximate surface area is 140 Å². The van der Waals surface area contributed by atoms with Gasteiger partial charge in [-0.1, -0.05) is 29.8 Å². The number of nitrogens with zero attached hydrogens (tertiary/aromatic N) is 1. The second kappa shape index (κ2) is 5.83. The Morgan fingerprint density at radius 3 is 2.58 bits per heavy atom. The number of hydrogen-bond donors (Lipinski definition) is 1. The zero-order valence-electron chi connectivity index (χ0n) is 13.3. The fourth-order valence-corrected chi connectivity index (χ4v) is 4.45. The molecule has 0 aliphatic carbocycles. The summed E-state index contributed by atoms with van der Waals surface area (Å²) in [6.07, 6.45) is -1.25. The second-order valence-electron chi connectivity index (χ2n) is 5.72. The van der Waals surface area contributed by atoms with Gasteiger partial charge in [0, 0.05) is 0 Å². The minimum Gasteiger partial charge on any atom is -0.478 e. The van der Waals surface area contributed by atoms with Crippen LogP contribution in [0.5, 0.6) is 5.75 Å². The number of ether oxygens (including phenoxy) is 1. The molecule has 2 aromatic rings. The highest BCUT2D eigenvalue weighted by atomic mass is 32.2. The van der Waals surface area contributed by atoms with Gasteiger partial charge in [0.05, 0.1) is 17.1 Å². The van der Waals surface area contributed by atoms with E-state index in [-0.39, 0.29) is 17.2 Å². The Kier molecular flexibility index (Phi) is 3.96. The second-order valence-corrected chi connectivity index (χ2v) is 7.55. The lowest BCUT2D eigenvalue weighted by atomic mass is 10.2. The number of hydrogen-bond acceptors (Lipinski definition) is 4. The quantitative estimate of drug-likeness (QED) is 0.921. The summed E-state index contributed by atoms with van der Waals surface area (Å²) in [6, 6.07) is 11.6. The Balaban J connectivity index is 2.14. The summed E-state index contributed by atoms with van der Waals surface area (Å²) in [5, 5.41) is 9.26. The molecule has 0 saturated heterocycles. The van der Waals surface area contributed by atoms with Crippen molar-refractivity contribution in [3.63, 3.8) is 0 Å². The zero-order valence-corrected chi connectivity index (χ0v) is 14.1. The van der Waals surface area contributed by atoms with E-state index >= 15 is 0 Å². The zero-order chi connectivity index (χ0) is 17.5. The van der Waals surface area contributed by atoms with E-state index in [1.807, 2.05) is 6.92 Å². The Bertz CT molecular complexity index is 907.